The van der Waals surface area contributed by atoms with Crippen LogP contribution in [0.15, 0.2) is 18.2 Å². The third-order valence-electron chi connectivity index (χ3n) is 1.62. The topological polar surface area (TPSA) is 82.0 Å². The molecule has 0 amide bonds. The molecule has 5 heteroatoms. The summed E-state index contributed by atoms with van der Waals surface area (Å²) in [4.78, 5) is 0. The van der Waals surface area contributed by atoms with Crippen LogP contribution >= 0.6 is 0 Å². The smallest absolute Gasteiger partial charge is 0.200 e. The van der Waals surface area contributed by atoms with Gasteiger partial charge in [-0.25, -0.2) is 0 Å². The van der Waals surface area contributed by atoms with Crippen molar-refractivity contribution in [2.45, 2.75) is 0 Å². The molecular weight excluding hydrogens is 186 g/mol. The van der Waals surface area contributed by atoms with Crippen molar-refractivity contribution in [3.63, 3.8) is 0 Å². The normalized spacial score (nSPS) is 14.6. The highest BCUT2D eigenvalue weighted by molar-refractivity contribution is 5.47. The van der Waals surface area contributed by atoms with Crippen LogP contribution in [-0.2, 0) is 4.74 Å². The van der Waals surface area contributed by atoms with Crippen molar-refractivity contribution in [2.75, 3.05) is 19.9 Å². The maximum Gasteiger partial charge on any atom is 0.200 e. The molecule has 0 atom stereocenters. The van der Waals surface area contributed by atoms with Crippen LogP contribution in [0.25, 0.3) is 0 Å². The molecule has 5 nitrogen and oxygen atoms in total. The van der Waals surface area contributed by atoms with Gasteiger partial charge in [0.2, 0.25) is 0 Å². The zero-order valence-corrected chi connectivity index (χ0v) is 7.60. The lowest BCUT2D eigenvalue weighted by Gasteiger charge is -1.96. The molecular formula is C9H13NO4. The first-order valence-corrected chi connectivity index (χ1v) is 4.20. The number of benzene rings is 1. The van der Waals surface area contributed by atoms with Crippen molar-refractivity contribution in [3.8, 4) is 17.2 Å². The second kappa shape index (κ2) is 5.31. The fourth-order valence-corrected chi connectivity index (χ4v) is 0.880. The quantitative estimate of drug-likeness (QED) is 0.454. The predicted molar refractivity (Wildman–Crippen MR) is 50.3 cm³/mol. The lowest BCUT2D eigenvalue weighted by atomic mass is 10.3. The Hall–Kier alpha value is -1.46. The molecule has 1 saturated heterocycles. The number of aromatic hydroxyl groups is 3. The maximum absolute atomic E-state index is 8.71. The molecule has 2 rings (SSSR count). The molecule has 1 aromatic carbocycles. The van der Waals surface area contributed by atoms with Crippen molar-refractivity contribution in [1.82, 2.24) is 5.32 Å². The summed E-state index contributed by atoms with van der Waals surface area (Å²) in [6, 6.07) is 4.01. The van der Waals surface area contributed by atoms with Gasteiger partial charge in [-0.3, -0.25) is 5.32 Å². The third-order valence-corrected chi connectivity index (χ3v) is 1.62. The summed E-state index contributed by atoms with van der Waals surface area (Å²) >= 11 is 0. The highest BCUT2D eigenvalue weighted by Gasteiger charge is 2.00. The minimum atomic E-state index is -0.475. The van der Waals surface area contributed by atoms with E-state index in [2.05, 4.69) is 5.32 Å². The zero-order valence-electron chi connectivity index (χ0n) is 7.60. The Morgan fingerprint density at radius 3 is 2.07 bits per heavy atom. The first kappa shape index (κ1) is 10.6. The van der Waals surface area contributed by atoms with E-state index in [1.807, 2.05) is 0 Å². The number of hydrogen-bond acceptors (Lipinski definition) is 5. The summed E-state index contributed by atoms with van der Waals surface area (Å²) in [5.41, 5.74) is 0. The number of nitrogens with one attached hydrogen (secondary N) is 1. The molecule has 0 unspecified atom stereocenters. The van der Waals surface area contributed by atoms with Gasteiger partial charge in [0.15, 0.2) is 17.2 Å². The number of ether oxygens (including phenoxy) is 1. The second-order valence-corrected chi connectivity index (χ2v) is 2.70. The van der Waals surface area contributed by atoms with Crippen molar-refractivity contribution in [3.05, 3.63) is 18.2 Å². The molecule has 1 aliphatic heterocycles. The number of rotatable bonds is 0. The molecule has 1 aromatic rings. The van der Waals surface area contributed by atoms with Crippen LogP contribution in [-0.4, -0.2) is 35.2 Å². The summed E-state index contributed by atoms with van der Waals surface area (Å²) in [6.45, 7) is 2.67. The highest BCUT2D eigenvalue weighted by Crippen LogP contribution is 2.32. The minimum absolute atomic E-state index is 0.310. The Morgan fingerprint density at radius 1 is 1.14 bits per heavy atom. The molecule has 1 heterocycles. The van der Waals surface area contributed by atoms with Crippen LogP contribution in [0, 0.1) is 0 Å². The zero-order chi connectivity index (χ0) is 10.4. The van der Waals surface area contributed by atoms with Gasteiger partial charge in [0.1, 0.15) is 0 Å². The van der Waals surface area contributed by atoms with Crippen LogP contribution in [0.5, 0.6) is 17.2 Å². The van der Waals surface area contributed by atoms with Gasteiger partial charge in [0.25, 0.3) is 0 Å². The van der Waals surface area contributed by atoms with E-state index in [9.17, 15) is 0 Å². The van der Waals surface area contributed by atoms with Crippen LogP contribution in [0.1, 0.15) is 0 Å². The van der Waals surface area contributed by atoms with E-state index in [1.165, 1.54) is 18.2 Å². The maximum atomic E-state index is 8.71. The van der Waals surface area contributed by atoms with E-state index in [0.717, 1.165) is 19.9 Å². The predicted octanol–water partition coefficient (Wildman–Crippen LogP) is 0.367. The van der Waals surface area contributed by atoms with Gasteiger partial charge < -0.3 is 20.1 Å². The van der Waals surface area contributed by atoms with Crippen molar-refractivity contribution >= 4 is 0 Å². The second-order valence-electron chi connectivity index (χ2n) is 2.70. The molecule has 1 fully saturated rings. The standard InChI is InChI=1S/C6H6O3.C3H7NO/c7-4-2-1-3-5(8)6(4)9;1-2-5-3-4-1/h1-3,7-9H;4H,1-3H2. The summed E-state index contributed by atoms with van der Waals surface area (Å²) in [6.07, 6.45) is 0. The van der Waals surface area contributed by atoms with Crippen molar-refractivity contribution in [1.29, 1.82) is 0 Å². The van der Waals surface area contributed by atoms with Gasteiger partial charge in [0.05, 0.1) is 13.3 Å². The van der Waals surface area contributed by atoms with E-state index < -0.39 is 5.75 Å². The number of phenolic OH excluding ortho intramolecular Hbond substituents is 3. The minimum Gasteiger partial charge on any atom is -0.504 e. The monoisotopic (exact) mass is 199 g/mol. The summed E-state index contributed by atoms with van der Waals surface area (Å²) in [7, 11) is 0. The highest BCUT2D eigenvalue weighted by atomic mass is 16.5. The molecule has 1 aliphatic rings. The average Bonchev–Trinajstić information content (AvgIpc) is 2.72. The molecule has 0 spiro atoms. The van der Waals surface area contributed by atoms with Gasteiger partial charge in [-0.05, 0) is 12.1 Å². The largest absolute Gasteiger partial charge is 0.504 e. The molecule has 0 bridgehead atoms. The Kier molecular flexibility index (Phi) is 4.03. The third kappa shape index (κ3) is 3.12. The fraction of sp³-hybridized carbons (Fsp3) is 0.333. The molecule has 0 saturated carbocycles. The van der Waals surface area contributed by atoms with Crippen LogP contribution in [0.2, 0.25) is 0 Å². The number of phenols is 3. The van der Waals surface area contributed by atoms with E-state index >= 15 is 0 Å². The lowest BCUT2D eigenvalue weighted by Crippen LogP contribution is -2.05. The van der Waals surface area contributed by atoms with Crippen LogP contribution in [0.3, 0.4) is 0 Å². The summed E-state index contributed by atoms with van der Waals surface area (Å²) in [5.74, 6) is -1.09. The van der Waals surface area contributed by atoms with Crippen molar-refractivity contribution < 1.29 is 20.1 Å². The van der Waals surface area contributed by atoms with Crippen molar-refractivity contribution in [2.24, 2.45) is 0 Å². The molecule has 0 aliphatic carbocycles. The van der Waals surface area contributed by atoms with Gasteiger partial charge in [-0.15, -0.1) is 0 Å². The molecule has 0 aromatic heterocycles. The molecule has 0 radical (unpaired) electrons. The Labute approximate surface area is 81.6 Å². The Balaban J connectivity index is 0.000000165. The van der Waals surface area contributed by atoms with E-state index in [1.54, 1.807) is 0 Å². The van der Waals surface area contributed by atoms with E-state index in [-0.39, 0.29) is 11.5 Å². The van der Waals surface area contributed by atoms with Crippen LogP contribution in [0.4, 0.5) is 0 Å². The van der Waals surface area contributed by atoms with Gasteiger partial charge in [0, 0.05) is 6.54 Å². The average molecular weight is 199 g/mol. The van der Waals surface area contributed by atoms with E-state index in [4.69, 9.17) is 20.1 Å². The Bertz CT molecular complexity index is 258. The first-order valence-electron chi connectivity index (χ1n) is 4.20. The molecule has 78 valence electrons. The molecule has 14 heavy (non-hydrogen) atoms. The number of hydrogen-bond donors (Lipinski definition) is 4. The van der Waals surface area contributed by atoms with Gasteiger partial charge in [-0.1, -0.05) is 6.07 Å². The number of para-hydroxylation sites is 1. The SMILES string of the molecule is C1COCN1.Oc1cccc(O)c1O. The lowest BCUT2D eigenvalue weighted by molar-refractivity contribution is 0.194. The van der Waals surface area contributed by atoms with Gasteiger partial charge in [-0.2, -0.15) is 0 Å². The Morgan fingerprint density at radius 2 is 1.79 bits per heavy atom. The van der Waals surface area contributed by atoms with Crippen LogP contribution < -0.4 is 5.32 Å². The molecule has 4 N–H and O–H groups in total. The fourth-order valence-electron chi connectivity index (χ4n) is 0.880. The van der Waals surface area contributed by atoms with Gasteiger partial charge >= 0.3 is 0 Å². The summed E-state index contributed by atoms with van der Waals surface area (Å²) in [5, 5.41) is 29.1. The first-order chi connectivity index (χ1) is 6.72. The summed E-state index contributed by atoms with van der Waals surface area (Å²) < 4.78 is 4.83. The van der Waals surface area contributed by atoms with E-state index in [0.29, 0.717) is 0 Å².